The minimum Gasteiger partial charge on any atom is -0.493 e. The van der Waals surface area contributed by atoms with E-state index in [1.54, 1.807) is 0 Å². The first-order valence-corrected chi connectivity index (χ1v) is 7.49. The molecule has 2 aliphatic heterocycles. The van der Waals surface area contributed by atoms with Crippen molar-refractivity contribution >= 4 is 0 Å². The van der Waals surface area contributed by atoms with Crippen molar-refractivity contribution in [2.24, 2.45) is 5.73 Å². The Bertz CT molecular complexity index is 668. The Morgan fingerprint density at radius 3 is 2.86 bits per heavy atom. The van der Waals surface area contributed by atoms with Gasteiger partial charge < -0.3 is 15.2 Å². The first-order chi connectivity index (χ1) is 10.3. The van der Waals surface area contributed by atoms with Crippen LogP contribution < -0.4 is 10.5 Å². The van der Waals surface area contributed by atoms with Crippen molar-refractivity contribution < 1.29 is 9.47 Å². The molecule has 2 atom stereocenters. The van der Waals surface area contributed by atoms with Crippen molar-refractivity contribution in [3.05, 3.63) is 64.7 Å². The molecule has 0 radical (unpaired) electrons. The van der Waals surface area contributed by atoms with E-state index in [2.05, 4.69) is 30.3 Å². The summed E-state index contributed by atoms with van der Waals surface area (Å²) in [7, 11) is 0. The van der Waals surface area contributed by atoms with E-state index in [4.69, 9.17) is 15.2 Å². The minimum absolute atomic E-state index is 0.000880. The SMILES string of the molecule is NC(c1ccc2c(c1)COC2)C1CCOc2ccccc21. The predicted octanol–water partition coefficient (Wildman–Crippen LogP) is 3.28. The van der Waals surface area contributed by atoms with E-state index in [0.717, 1.165) is 25.4 Å². The van der Waals surface area contributed by atoms with E-state index in [1.807, 2.05) is 12.1 Å². The lowest BCUT2D eigenvalue weighted by Gasteiger charge is -2.30. The maximum absolute atomic E-state index is 6.58. The zero-order valence-corrected chi connectivity index (χ0v) is 11.9. The van der Waals surface area contributed by atoms with Crippen LogP contribution in [0.3, 0.4) is 0 Å². The summed E-state index contributed by atoms with van der Waals surface area (Å²) in [6.45, 7) is 2.18. The number of rotatable bonds is 2. The Morgan fingerprint density at radius 1 is 1.05 bits per heavy atom. The van der Waals surface area contributed by atoms with Crippen LogP contribution in [-0.4, -0.2) is 6.61 Å². The van der Waals surface area contributed by atoms with E-state index in [9.17, 15) is 0 Å². The Balaban J connectivity index is 1.68. The smallest absolute Gasteiger partial charge is 0.122 e. The van der Waals surface area contributed by atoms with Crippen molar-refractivity contribution in [3.63, 3.8) is 0 Å². The fourth-order valence-electron chi connectivity index (χ4n) is 3.37. The highest BCUT2D eigenvalue weighted by atomic mass is 16.5. The topological polar surface area (TPSA) is 44.5 Å². The second-order valence-electron chi connectivity index (χ2n) is 5.83. The Hall–Kier alpha value is -1.84. The third kappa shape index (κ3) is 2.23. The summed E-state index contributed by atoms with van der Waals surface area (Å²) in [6.07, 6.45) is 0.964. The van der Waals surface area contributed by atoms with Crippen molar-refractivity contribution in [2.45, 2.75) is 31.6 Å². The van der Waals surface area contributed by atoms with Crippen LogP contribution in [0, 0.1) is 0 Å². The average molecular weight is 281 g/mol. The molecule has 0 aromatic heterocycles. The third-order valence-electron chi connectivity index (χ3n) is 4.57. The number of ether oxygens (including phenoxy) is 2. The Labute approximate surface area is 124 Å². The molecule has 0 spiro atoms. The molecule has 0 aliphatic carbocycles. The van der Waals surface area contributed by atoms with Gasteiger partial charge in [0, 0.05) is 12.0 Å². The molecule has 2 aromatic rings. The normalized spacial score (nSPS) is 21.3. The molecule has 2 heterocycles. The highest BCUT2D eigenvalue weighted by Crippen LogP contribution is 2.40. The fourth-order valence-corrected chi connectivity index (χ4v) is 3.37. The molecule has 21 heavy (non-hydrogen) atoms. The summed E-state index contributed by atoms with van der Waals surface area (Å²) in [5.41, 5.74) is 11.6. The molecule has 2 N–H and O–H groups in total. The number of benzene rings is 2. The van der Waals surface area contributed by atoms with Gasteiger partial charge in [0.25, 0.3) is 0 Å². The monoisotopic (exact) mass is 281 g/mol. The van der Waals surface area contributed by atoms with Crippen LogP contribution >= 0.6 is 0 Å². The standard InChI is InChI=1S/C18H19NO2/c19-18(12-5-6-13-10-20-11-14(13)9-12)16-7-8-21-17-4-2-1-3-15(16)17/h1-6,9,16,18H,7-8,10-11,19H2. The zero-order chi connectivity index (χ0) is 14.2. The van der Waals surface area contributed by atoms with Gasteiger partial charge in [-0.05, 0) is 34.7 Å². The fraction of sp³-hybridized carbons (Fsp3) is 0.333. The van der Waals surface area contributed by atoms with E-state index >= 15 is 0 Å². The van der Waals surface area contributed by atoms with Crippen molar-refractivity contribution in [2.75, 3.05) is 6.61 Å². The van der Waals surface area contributed by atoms with Gasteiger partial charge in [0.2, 0.25) is 0 Å². The highest BCUT2D eigenvalue weighted by molar-refractivity contribution is 5.41. The summed E-state index contributed by atoms with van der Waals surface area (Å²) in [5.74, 6) is 1.30. The first-order valence-electron chi connectivity index (χ1n) is 7.49. The van der Waals surface area contributed by atoms with Gasteiger partial charge in [0.15, 0.2) is 0 Å². The third-order valence-corrected chi connectivity index (χ3v) is 4.57. The van der Waals surface area contributed by atoms with E-state index in [1.165, 1.54) is 22.3 Å². The van der Waals surface area contributed by atoms with Gasteiger partial charge in [-0.25, -0.2) is 0 Å². The lowest BCUT2D eigenvalue weighted by molar-refractivity contribution is 0.134. The van der Waals surface area contributed by atoms with Crippen LogP contribution in [-0.2, 0) is 18.0 Å². The van der Waals surface area contributed by atoms with Crippen LogP contribution in [0.25, 0.3) is 0 Å². The van der Waals surface area contributed by atoms with Gasteiger partial charge in [0.05, 0.1) is 19.8 Å². The summed E-state index contributed by atoms with van der Waals surface area (Å²) in [5, 5.41) is 0. The molecule has 2 aliphatic rings. The quantitative estimate of drug-likeness (QED) is 0.918. The maximum Gasteiger partial charge on any atom is 0.122 e. The Morgan fingerprint density at radius 2 is 1.90 bits per heavy atom. The lowest BCUT2D eigenvalue weighted by atomic mass is 9.83. The molecular weight excluding hydrogens is 262 g/mol. The summed E-state index contributed by atoms with van der Waals surface area (Å²) in [4.78, 5) is 0. The van der Waals surface area contributed by atoms with Crippen LogP contribution in [0.1, 0.15) is 40.6 Å². The molecule has 0 fully saturated rings. The molecule has 2 aromatic carbocycles. The molecule has 0 saturated heterocycles. The van der Waals surface area contributed by atoms with Crippen molar-refractivity contribution in [1.82, 2.24) is 0 Å². The van der Waals surface area contributed by atoms with Gasteiger partial charge >= 0.3 is 0 Å². The first kappa shape index (κ1) is 12.9. The number of nitrogens with two attached hydrogens (primary N) is 1. The molecule has 0 amide bonds. The van der Waals surface area contributed by atoms with Gasteiger partial charge in [-0.3, -0.25) is 0 Å². The largest absolute Gasteiger partial charge is 0.493 e. The van der Waals surface area contributed by atoms with Crippen LogP contribution in [0.5, 0.6) is 5.75 Å². The molecule has 3 nitrogen and oxygen atoms in total. The lowest BCUT2D eigenvalue weighted by Crippen LogP contribution is -2.25. The molecule has 0 saturated carbocycles. The molecule has 3 heteroatoms. The molecule has 108 valence electrons. The van der Waals surface area contributed by atoms with Crippen LogP contribution in [0.15, 0.2) is 42.5 Å². The van der Waals surface area contributed by atoms with Crippen molar-refractivity contribution in [1.29, 1.82) is 0 Å². The number of hydrogen-bond acceptors (Lipinski definition) is 3. The summed E-state index contributed by atoms with van der Waals surface area (Å²) >= 11 is 0. The maximum atomic E-state index is 6.58. The molecular formula is C18H19NO2. The van der Waals surface area contributed by atoms with Crippen molar-refractivity contribution in [3.8, 4) is 5.75 Å². The van der Waals surface area contributed by atoms with E-state index < -0.39 is 0 Å². The minimum atomic E-state index is 0.000880. The molecule has 0 bridgehead atoms. The molecule has 2 unspecified atom stereocenters. The van der Waals surface area contributed by atoms with Gasteiger partial charge in [-0.2, -0.15) is 0 Å². The summed E-state index contributed by atoms with van der Waals surface area (Å²) < 4.78 is 11.2. The summed E-state index contributed by atoms with van der Waals surface area (Å²) in [6, 6.07) is 14.8. The highest BCUT2D eigenvalue weighted by Gasteiger charge is 2.28. The van der Waals surface area contributed by atoms with E-state index in [0.29, 0.717) is 12.5 Å². The van der Waals surface area contributed by atoms with E-state index in [-0.39, 0.29) is 6.04 Å². The van der Waals surface area contributed by atoms with Crippen LogP contribution in [0.4, 0.5) is 0 Å². The predicted molar refractivity (Wildman–Crippen MR) is 81.2 cm³/mol. The Kier molecular flexibility index (Phi) is 3.17. The zero-order valence-electron chi connectivity index (χ0n) is 11.9. The van der Waals surface area contributed by atoms with Crippen LogP contribution in [0.2, 0.25) is 0 Å². The average Bonchev–Trinajstić information content (AvgIpc) is 3.01. The number of para-hydroxylation sites is 1. The van der Waals surface area contributed by atoms with Gasteiger partial charge in [0.1, 0.15) is 5.75 Å². The van der Waals surface area contributed by atoms with Gasteiger partial charge in [-0.15, -0.1) is 0 Å². The molecule has 4 rings (SSSR count). The number of hydrogen-bond donors (Lipinski definition) is 1. The second kappa shape index (κ2) is 5.17. The second-order valence-corrected chi connectivity index (χ2v) is 5.83. The van der Waals surface area contributed by atoms with Gasteiger partial charge in [-0.1, -0.05) is 36.4 Å². The number of fused-ring (bicyclic) bond motifs is 2.